The van der Waals surface area contributed by atoms with Crippen LogP contribution >= 0.6 is 11.3 Å². The summed E-state index contributed by atoms with van der Waals surface area (Å²) in [6.07, 6.45) is 0. The van der Waals surface area contributed by atoms with Crippen LogP contribution in [0.2, 0.25) is 0 Å². The molecule has 1 N–H and O–H groups in total. The molecule has 0 aliphatic heterocycles. The lowest BCUT2D eigenvalue weighted by Crippen LogP contribution is -2.28. The Morgan fingerprint density at radius 1 is 1.32 bits per heavy atom. The molecule has 1 aromatic carbocycles. The summed E-state index contributed by atoms with van der Waals surface area (Å²) in [4.78, 5) is 17.2. The number of benzene rings is 1. The summed E-state index contributed by atoms with van der Waals surface area (Å²) in [5.41, 5.74) is 3.28. The lowest BCUT2D eigenvalue weighted by molar-refractivity contribution is -0.123. The molecule has 130 valence electrons. The van der Waals surface area contributed by atoms with Crippen LogP contribution in [-0.4, -0.2) is 22.7 Å². The summed E-state index contributed by atoms with van der Waals surface area (Å²) in [6, 6.07) is 7.85. The summed E-state index contributed by atoms with van der Waals surface area (Å²) in [5, 5.41) is 8.57. The van der Waals surface area contributed by atoms with Crippen LogP contribution in [0.4, 0.5) is 0 Å². The lowest BCUT2D eigenvalue weighted by Gasteiger charge is -2.12. The lowest BCUT2D eigenvalue weighted by atomic mass is 10.1. The number of nitrogens with one attached hydrogen (secondary N) is 1. The van der Waals surface area contributed by atoms with Gasteiger partial charge in [-0.05, 0) is 55.0 Å². The van der Waals surface area contributed by atoms with Crippen LogP contribution in [0.5, 0.6) is 5.75 Å². The second-order valence-electron chi connectivity index (χ2n) is 5.76. The van der Waals surface area contributed by atoms with E-state index in [9.17, 15) is 4.79 Å². The van der Waals surface area contributed by atoms with E-state index in [-0.39, 0.29) is 19.1 Å². The maximum Gasteiger partial charge on any atom is 0.258 e. The quantitative estimate of drug-likeness (QED) is 0.731. The van der Waals surface area contributed by atoms with Crippen LogP contribution in [0, 0.1) is 20.8 Å². The largest absolute Gasteiger partial charge is 0.483 e. The van der Waals surface area contributed by atoms with E-state index in [0.717, 1.165) is 27.3 Å². The number of hydrogen-bond donors (Lipinski definition) is 1. The predicted molar refractivity (Wildman–Crippen MR) is 95.6 cm³/mol. The number of carbonyl (C=O) groups is 1. The SMILES string of the molecule is Cc1cc(C)c(C)c(OCC(=O)NCc2nc(-c3cccs3)no2)c1. The number of hydrogen-bond acceptors (Lipinski definition) is 6. The van der Waals surface area contributed by atoms with Gasteiger partial charge in [-0.25, -0.2) is 0 Å². The van der Waals surface area contributed by atoms with Crippen molar-refractivity contribution in [2.75, 3.05) is 6.61 Å². The fraction of sp³-hybridized carbons (Fsp3) is 0.278. The molecule has 0 spiro atoms. The Kier molecular flexibility index (Phi) is 5.14. The van der Waals surface area contributed by atoms with Gasteiger partial charge < -0.3 is 14.6 Å². The third-order valence-electron chi connectivity index (χ3n) is 3.77. The molecule has 0 atom stereocenters. The zero-order valence-electron chi connectivity index (χ0n) is 14.3. The number of ether oxygens (including phenoxy) is 1. The Labute approximate surface area is 149 Å². The van der Waals surface area contributed by atoms with Crippen molar-refractivity contribution >= 4 is 17.2 Å². The zero-order valence-corrected chi connectivity index (χ0v) is 15.1. The van der Waals surface area contributed by atoms with E-state index in [0.29, 0.717) is 11.7 Å². The molecule has 7 heteroatoms. The number of amides is 1. The molecule has 3 rings (SSSR count). The van der Waals surface area contributed by atoms with Gasteiger partial charge in [0.2, 0.25) is 11.7 Å². The molecule has 0 saturated heterocycles. The van der Waals surface area contributed by atoms with Gasteiger partial charge in [0.15, 0.2) is 6.61 Å². The van der Waals surface area contributed by atoms with Crippen molar-refractivity contribution in [2.24, 2.45) is 0 Å². The van der Waals surface area contributed by atoms with Crippen LogP contribution < -0.4 is 10.1 Å². The maximum atomic E-state index is 12.0. The van der Waals surface area contributed by atoms with Crippen molar-refractivity contribution in [1.82, 2.24) is 15.5 Å². The standard InChI is InChI=1S/C18H19N3O3S/c1-11-7-12(2)13(3)14(8-11)23-10-16(22)19-9-17-20-18(21-24-17)15-5-4-6-25-15/h4-8H,9-10H2,1-3H3,(H,19,22). The summed E-state index contributed by atoms with van der Waals surface area (Å²) >= 11 is 1.53. The third kappa shape index (κ3) is 4.24. The van der Waals surface area contributed by atoms with E-state index in [2.05, 4.69) is 21.5 Å². The smallest absolute Gasteiger partial charge is 0.258 e. The summed E-state index contributed by atoms with van der Waals surface area (Å²) < 4.78 is 10.8. The van der Waals surface area contributed by atoms with Gasteiger partial charge in [0, 0.05) is 0 Å². The van der Waals surface area contributed by atoms with E-state index in [4.69, 9.17) is 9.26 Å². The van der Waals surface area contributed by atoms with Gasteiger partial charge in [0.05, 0.1) is 11.4 Å². The molecular weight excluding hydrogens is 338 g/mol. The topological polar surface area (TPSA) is 77.2 Å². The molecule has 1 amide bonds. The van der Waals surface area contributed by atoms with E-state index in [1.54, 1.807) is 0 Å². The van der Waals surface area contributed by atoms with Gasteiger partial charge in [-0.2, -0.15) is 4.98 Å². The highest BCUT2D eigenvalue weighted by molar-refractivity contribution is 7.13. The molecule has 3 aromatic rings. The van der Waals surface area contributed by atoms with Gasteiger partial charge in [-0.3, -0.25) is 4.79 Å². The van der Waals surface area contributed by atoms with Crippen molar-refractivity contribution in [2.45, 2.75) is 27.3 Å². The molecule has 25 heavy (non-hydrogen) atoms. The number of thiophene rings is 1. The van der Waals surface area contributed by atoms with Crippen LogP contribution in [0.25, 0.3) is 10.7 Å². The number of aromatic nitrogens is 2. The minimum atomic E-state index is -0.241. The first-order valence-electron chi connectivity index (χ1n) is 7.86. The van der Waals surface area contributed by atoms with Crippen LogP contribution in [0.3, 0.4) is 0 Å². The van der Waals surface area contributed by atoms with Crippen molar-refractivity contribution in [1.29, 1.82) is 0 Å². The van der Waals surface area contributed by atoms with Crippen molar-refractivity contribution in [3.8, 4) is 16.5 Å². The van der Waals surface area contributed by atoms with Gasteiger partial charge in [0.1, 0.15) is 5.75 Å². The number of rotatable bonds is 6. The minimum Gasteiger partial charge on any atom is -0.483 e. The number of carbonyl (C=O) groups excluding carboxylic acids is 1. The summed E-state index contributed by atoms with van der Waals surface area (Å²) in [7, 11) is 0. The summed E-state index contributed by atoms with van der Waals surface area (Å²) in [5.74, 6) is 1.38. The average Bonchev–Trinajstić information content (AvgIpc) is 3.25. The van der Waals surface area contributed by atoms with E-state index in [1.165, 1.54) is 11.3 Å². The molecule has 2 aromatic heterocycles. The molecule has 0 bridgehead atoms. The molecule has 0 aliphatic rings. The molecule has 0 radical (unpaired) electrons. The Hall–Kier alpha value is -2.67. The summed E-state index contributed by atoms with van der Waals surface area (Å²) in [6.45, 7) is 6.12. The maximum absolute atomic E-state index is 12.0. The second kappa shape index (κ2) is 7.48. The van der Waals surface area contributed by atoms with Crippen molar-refractivity contribution in [3.05, 3.63) is 52.2 Å². The molecular formula is C18H19N3O3S. The average molecular weight is 357 g/mol. The number of nitrogens with zero attached hydrogens (tertiary/aromatic N) is 2. The van der Waals surface area contributed by atoms with Gasteiger partial charge >= 0.3 is 0 Å². The van der Waals surface area contributed by atoms with Gasteiger partial charge in [-0.1, -0.05) is 17.3 Å². The molecule has 0 saturated carbocycles. The highest BCUT2D eigenvalue weighted by Crippen LogP contribution is 2.23. The monoisotopic (exact) mass is 357 g/mol. The Bertz CT molecular complexity index is 872. The van der Waals surface area contributed by atoms with Gasteiger partial charge in [-0.15, -0.1) is 11.3 Å². The third-order valence-corrected chi connectivity index (χ3v) is 4.64. The second-order valence-corrected chi connectivity index (χ2v) is 6.71. The first kappa shape index (κ1) is 17.2. The fourth-order valence-electron chi connectivity index (χ4n) is 2.35. The Morgan fingerprint density at radius 3 is 2.92 bits per heavy atom. The normalized spacial score (nSPS) is 10.7. The molecule has 0 unspecified atom stereocenters. The highest BCUT2D eigenvalue weighted by Gasteiger charge is 2.11. The van der Waals surface area contributed by atoms with E-state index in [1.807, 2.05) is 44.4 Å². The number of aryl methyl sites for hydroxylation is 2. The first-order valence-corrected chi connectivity index (χ1v) is 8.74. The van der Waals surface area contributed by atoms with E-state index < -0.39 is 0 Å². The zero-order chi connectivity index (χ0) is 17.8. The van der Waals surface area contributed by atoms with Crippen LogP contribution in [0.1, 0.15) is 22.6 Å². The highest BCUT2D eigenvalue weighted by atomic mass is 32.1. The fourth-order valence-corrected chi connectivity index (χ4v) is 3.00. The first-order chi connectivity index (χ1) is 12.0. The van der Waals surface area contributed by atoms with Crippen molar-refractivity contribution in [3.63, 3.8) is 0 Å². The predicted octanol–water partition coefficient (Wildman–Crippen LogP) is 3.42. The van der Waals surface area contributed by atoms with Crippen LogP contribution in [0.15, 0.2) is 34.2 Å². The molecule has 6 nitrogen and oxygen atoms in total. The molecule has 2 heterocycles. The molecule has 0 aliphatic carbocycles. The Balaban J connectivity index is 1.52. The van der Waals surface area contributed by atoms with Crippen molar-refractivity contribution < 1.29 is 14.1 Å². The van der Waals surface area contributed by atoms with Crippen LogP contribution in [-0.2, 0) is 11.3 Å². The minimum absolute atomic E-state index is 0.0599. The van der Waals surface area contributed by atoms with E-state index >= 15 is 0 Å². The van der Waals surface area contributed by atoms with Gasteiger partial charge in [0.25, 0.3) is 5.91 Å². The molecule has 0 fully saturated rings. The Morgan fingerprint density at radius 2 is 2.16 bits per heavy atom.